The number of hydrogen-bond donors (Lipinski definition) is 0. The Bertz CT molecular complexity index is 2570. The van der Waals surface area contributed by atoms with Gasteiger partial charge in [-0.05, 0) is 74.6 Å². The molecule has 0 unspecified atom stereocenters. The molecule has 1 aliphatic carbocycles. The van der Waals surface area contributed by atoms with Crippen molar-refractivity contribution in [2.24, 2.45) is 15.0 Å². The summed E-state index contributed by atoms with van der Waals surface area (Å²) in [4.78, 5) is 14.7. The molecule has 0 aliphatic heterocycles. The molecule has 48 heavy (non-hydrogen) atoms. The maximum Gasteiger partial charge on any atom is 0.161 e. The van der Waals surface area contributed by atoms with Gasteiger partial charge in [-0.15, -0.1) is 0 Å². The average Bonchev–Trinajstić information content (AvgIpc) is 3.69. The third-order valence-electron chi connectivity index (χ3n) is 9.23. The zero-order valence-corrected chi connectivity index (χ0v) is 26.1. The Morgan fingerprint density at radius 3 is 1.96 bits per heavy atom. The third-order valence-corrected chi connectivity index (χ3v) is 9.23. The summed E-state index contributed by atoms with van der Waals surface area (Å²) >= 11 is 0. The van der Waals surface area contributed by atoms with E-state index in [1.165, 1.54) is 33.0 Å². The lowest BCUT2D eigenvalue weighted by Crippen LogP contribution is -2.06. The Labute approximate surface area is 278 Å². The van der Waals surface area contributed by atoms with Crippen molar-refractivity contribution in [3.05, 3.63) is 168 Å². The van der Waals surface area contributed by atoms with E-state index in [1.807, 2.05) is 66.7 Å². The summed E-state index contributed by atoms with van der Waals surface area (Å²) in [5.41, 5.74) is 11.7. The fourth-order valence-electron chi connectivity index (χ4n) is 7.06. The molecule has 0 saturated heterocycles. The van der Waals surface area contributed by atoms with Gasteiger partial charge in [-0.25, -0.2) is 9.98 Å². The predicted molar refractivity (Wildman–Crippen MR) is 200 cm³/mol. The minimum Gasteiger partial charge on any atom is -0.456 e. The normalized spacial score (nSPS) is 12.6. The third kappa shape index (κ3) is 4.57. The standard InChI is InChI=1S/C44H29N3O/c1-45-44(47-43(29-15-6-3-7-16-29)46-27-28-13-4-2-5-14-28)38-25-30(26-40-42(38)37-19-10-11-22-39(37)48-40)31-23-24-36-33-18-9-8-17-32(33)35-21-12-20-34(31)41(35)36/h2-26H,1,27H2. The number of hydrogen-bond acceptors (Lipinski definition) is 2. The van der Waals surface area contributed by atoms with Crippen LogP contribution in [0.2, 0.25) is 0 Å². The van der Waals surface area contributed by atoms with E-state index in [2.05, 4.69) is 96.6 Å². The van der Waals surface area contributed by atoms with Crippen LogP contribution >= 0.6 is 0 Å². The Morgan fingerprint density at radius 2 is 1.17 bits per heavy atom. The molecule has 0 N–H and O–H groups in total. The molecule has 1 aromatic heterocycles. The van der Waals surface area contributed by atoms with Crippen LogP contribution in [0.1, 0.15) is 16.7 Å². The van der Waals surface area contributed by atoms with Crippen molar-refractivity contribution < 1.29 is 4.42 Å². The zero-order chi connectivity index (χ0) is 32.0. The highest BCUT2D eigenvalue weighted by Gasteiger charge is 2.24. The van der Waals surface area contributed by atoms with Crippen molar-refractivity contribution in [2.75, 3.05) is 0 Å². The van der Waals surface area contributed by atoms with Gasteiger partial charge in [-0.1, -0.05) is 133 Å². The van der Waals surface area contributed by atoms with E-state index in [9.17, 15) is 0 Å². The quantitative estimate of drug-likeness (QED) is 0.140. The van der Waals surface area contributed by atoms with Crippen molar-refractivity contribution in [2.45, 2.75) is 6.54 Å². The van der Waals surface area contributed by atoms with Crippen molar-refractivity contribution in [3.63, 3.8) is 0 Å². The van der Waals surface area contributed by atoms with Gasteiger partial charge in [0.25, 0.3) is 0 Å². The van der Waals surface area contributed by atoms with Gasteiger partial charge in [-0.3, -0.25) is 4.99 Å². The van der Waals surface area contributed by atoms with Crippen LogP contribution in [-0.2, 0) is 6.54 Å². The Kier molecular flexibility index (Phi) is 6.65. The molecule has 0 atom stereocenters. The van der Waals surface area contributed by atoms with E-state index >= 15 is 0 Å². The predicted octanol–water partition coefficient (Wildman–Crippen LogP) is 11.1. The van der Waals surface area contributed by atoms with Gasteiger partial charge in [0.2, 0.25) is 0 Å². The molecular weight excluding hydrogens is 587 g/mol. The lowest BCUT2D eigenvalue weighted by molar-refractivity contribution is 0.669. The highest BCUT2D eigenvalue weighted by molar-refractivity contribution is 6.24. The maximum atomic E-state index is 6.52. The van der Waals surface area contributed by atoms with E-state index < -0.39 is 0 Å². The number of fused-ring (bicyclic) bond motifs is 6. The average molecular weight is 616 g/mol. The number of amidine groups is 2. The monoisotopic (exact) mass is 615 g/mol. The highest BCUT2D eigenvalue weighted by Crippen LogP contribution is 2.49. The first-order chi connectivity index (χ1) is 23.8. The van der Waals surface area contributed by atoms with Gasteiger partial charge in [-0.2, -0.15) is 0 Å². The topological polar surface area (TPSA) is 50.2 Å². The van der Waals surface area contributed by atoms with E-state index in [0.29, 0.717) is 18.2 Å². The molecule has 8 aromatic rings. The smallest absolute Gasteiger partial charge is 0.161 e. The molecule has 0 spiro atoms. The van der Waals surface area contributed by atoms with Gasteiger partial charge < -0.3 is 4.42 Å². The molecule has 1 aliphatic rings. The summed E-state index contributed by atoms with van der Waals surface area (Å²) in [6.45, 7) is 4.51. The first-order valence-corrected chi connectivity index (χ1v) is 16.1. The van der Waals surface area contributed by atoms with E-state index in [-0.39, 0.29) is 0 Å². The van der Waals surface area contributed by atoms with Crippen LogP contribution in [-0.4, -0.2) is 18.4 Å². The van der Waals surface area contributed by atoms with Crippen LogP contribution in [0.25, 0.3) is 66.1 Å². The number of nitrogens with zero attached hydrogens (tertiary/aromatic N) is 3. The molecule has 7 aromatic carbocycles. The number of aliphatic imine (C=N–C) groups is 3. The molecule has 4 heteroatoms. The van der Waals surface area contributed by atoms with Crippen molar-refractivity contribution in [3.8, 4) is 33.4 Å². The summed E-state index contributed by atoms with van der Waals surface area (Å²) < 4.78 is 6.52. The van der Waals surface area contributed by atoms with E-state index in [4.69, 9.17) is 14.4 Å². The second-order valence-electron chi connectivity index (χ2n) is 12.0. The molecule has 0 radical (unpaired) electrons. The lowest BCUT2D eigenvalue weighted by Gasteiger charge is -2.12. The first kappa shape index (κ1) is 27.9. The van der Waals surface area contributed by atoms with Crippen molar-refractivity contribution in [1.29, 1.82) is 0 Å². The van der Waals surface area contributed by atoms with Gasteiger partial charge in [0.15, 0.2) is 11.7 Å². The Morgan fingerprint density at radius 1 is 0.521 bits per heavy atom. The summed E-state index contributed by atoms with van der Waals surface area (Å²) in [6, 6.07) is 52.4. The maximum absolute atomic E-state index is 6.52. The summed E-state index contributed by atoms with van der Waals surface area (Å²) in [5.74, 6) is 1.08. The lowest BCUT2D eigenvalue weighted by atomic mass is 9.92. The first-order valence-electron chi connectivity index (χ1n) is 16.1. The van der Waals surface area contributed by atoms with Crippen LogP contribution in [0.3, 0.4) is 0 Å². The summed E-state index contributed by atoms with van der Waals surface area (Å²) in [7, 11) is 0. The molecule has 0 saturated carbocycles. The molecule has 9 rings (SSSR count). The second-order valence-corrected chi connectivity index (χ2v) is 12.0. The van der Waals surface area contributed by atoms with Crippen molar-refractivity contribution in [1.82, 2.24) is 0 Å². The Balaban J connectivity index is 1.28. The van der Waals surface area contributed by atoms with Crippen LogP contribution in [0.4, 0.5) is 0 Å². The Hall–Kier alpha value is -6.39. The largest absolute Gasteiger partial charge is 0.456 e. The highest BCUT2D eigenvalue weighted by atomic mass is 16.3. The zero-order valence-electron chi connectivity index (χ0n) is 26.1. The number of benzene rings is 7. The number of rotatable bonds is 5. The van der Waals surface area contributed by atoms with Crippen LogP contribution < -0.4 is 0 Å². The van der Waals surface area contributed by atoms with E-state index in [1.54, 1.807) is 0 Å². The molecule has 0 bridgehead atoms. The number of para-hydroxylation sites is 1. The van der Waals surface area contributed by atoms with Gasteiger partial charge >= 0.3 is 0 Å². The minimum absolute atomic E-state index is 0.488. The van der Waals surface area contributed by atoms with Gasteiger partial charge in [0.1, 0.15) is 11.2 Å². The molecule has 4 nitrogen and oxygen atoms in total. The summed E-state index contributed by atoms with van der Waals surface area (Å²) in [5, 5.41) is 4.43. The SMILES string of the molecule is C=NC(=NC(=NCc1ccccc1)c1ccccc1)c1cc(-c2ccc3c4c(cccc24)-c2ccccc2-3)cc2oc3ccccc3c12. The molecule has 226 valence electrons. The summed E-state index contributed by atoms with van der Waals surface area (Å²) in [6.07, 6.45) is 0. The van der Waals surface area contributed by atoms with Crippen LogP contribution in [0.15, 0.2) is 171 Å². The molecule has 0 fully saturated rings. The fourth-order valence-corrected chi connectivity index (χ4v) is 7.06. The number of furan rings is 1. The van der Waals surface area contributed by atoms with Crippen LogP contribution in [0, 0.1) is 0 Å². The molecular formula is C44H29N3O. The van der Waals surface area contributed by atoms with E-state index in [0.717, 1.165) is 49.8 Å². The minimum atomic E-state index is 0.488. The van der Waals surface area contributed by atoms with Gasteiger partial charge in [0, 0.05) is 21.9 Å². The van der Waals surface area contributed by atoms with Gasteiger partial charge in [0.05, 0.1) is 6.54 Å². The molecule has 1 heterocycles. The van der Waals surface area contributed by atoms with Crippen LogP contribution in [0.5, 0.6) is 0 Å². The van der Waals surface area contributed by atoms with Crippen molar-refractivity contribution >= 4 is 51.1 Å². The fraction of sp³-hybridized carbons (Fsp3) is 0.0227. The molecule has 0 amide bonds. The second kappa shape index (κ2) is 11.4.